The summed E-state index contributed by atoms with van der Waals surface area (Å²) in [4.78, 5) is 11.9. The zero-order chi connectivity index (χ0) is 19.0. The number of fused-ring (bicyclic) bond motifs is 1. The second-order valence-corrected chi connectivity index (χ2v) is 6.35. The molecule has 0 unspecified atom stereocenters. The van der Waals surface area contributed by atoms with E-state index in [1.165, 1.54) is 21.5 Å². The molecule has 1 amide bonds. The number of amides is 1. The maximum absolute atomic E-state index is 14.3. The van der Waals surface area contributed by atoms with Crippen LogP contribution in [0.4, 0.5) is 8.78 Å². The van der Waals surface area contributed by atoms with Gasteiger partial charge in [0.15, 0.2) is 17.3 Å². The monoisotopic (exact) mass is 395 g/mol. The van der Waals surface area contributed by atoms with Gasteiger partial charge in [0.25, 0.3) is 5.91 Å². The predicted octanol–water partition coefficient (Wildman–Crippen LogP) is 1.62. The number of ether oxygens (including phenoxy) is 2. The Morgan fingerprint density at radius 1 is 1.30 bits per heavy atom. The summed E-state index contributed by atoms with van der Waals surface area (Å²) in [7, 11) is 0. The molecule has 1 aromatic carbocycles. The topological polar surface area (TPSA) is 111 Å². The fourth-order valence-electron chi connectivity index (χ4n) is 2.59. The fraction of sp³-hybridized carbons (Fsp3) is 0.200. The van der Waals surface area contributed by atoms with Crippen LogP contribution in [0.1, 0.15) is 15.9 Å². The first-order valence-electron chi connectivity index (χ1n) is 7.64. The molecule has 0 saturated heterocycles. The Morgan fingerprint density at radius 3 is 2.78 bits per heavy atom. The van der Waals surface area contributed by atoms with Crippen LogP contribution in [0.25, 0.3) is 10.7 Å². The zero-order valence-corrected chi connectivity index (χ0v) is 14.3. The summed E-state index contributed by atoms with van der Waals surface area (Å²) in [6.45, 7) is 0.489. The van der Waals surface area contributed by atoms with Crippen molar-refractivity contribution in [2.75, 3.05) is 13.2 Å². The molecule has 2 N–H and O–H groups in total. The van der Waals surface area contributed by atoms with Gasteiger partial charge in [0.2, 0.25) is 0 Å². The number of tetrazole rings is 1. The van der Waals surface area contributed by atoms with Crippen molar-refractivity contribution in [3.8, 4) is 22.2 Å². The molecule has 3 aromatic rings. The molecule has 0 radical (unpaired) electrons. The van der Waals surface area contributed by atoms with Gasteiger partial charge in [-0.1, -0.05) is 0 Å². The smallest absolute Gasteiger partial charge is 0.274 e. The molecule has 0 atom stereocenters. The first-order valence-corrected chi connectivity index (χ1v) is 8.52. The average molecular weight is 395 g/mol. The number of aromatic nitrogens is 4. The quantitative estimate of drug-likeness (QED) is 0.510. The van der Waals surface area contributed by atoms with Gasteiger partial charge >= 0.3 is 0 Å². The van der Waals surface area contributed by atoms with E-state index in [1.54, 1.807) is 5.38 Å². The minimum absolute atomic E-state index is 0.266. The first-order chi connectivity index (χ1) is 13.1. The van der Waals surface area contributed by atoms with E-state index in [9.17, 15) is 13.6 Å². The highest BCUT2D eigenvalue weighted by Gasteiger charge is 2.25. The van der Waals surface area contributed by atoms with Crippen LogP contribution >= 0.6 is 11.3 Å². The second-order valence-electron chi connectivity index (χ2n) is 5.47. The molecule has 0 spiro atoms. The van der Waals surface area contributed by atoms with Gasteiger partial charge in [-0.05, 0) is 22.6 Å². The highest BCUT2D eigenvalue weighted by molar-refractivity contribution is 7.14. The Kier molecular flexibility index (Phi) is 4.41. The number of nitrogens with zero attached hydrogens (tertiary/aromatic N) is 4. The van der Waals surface area contributed by atoms with Crippen molar-refractivity contribution in [1.82, 2.24) is 25.7 Å². The second kappa shape index (κ2) is 6.89. The molecular weight excluding hydrogens is 384 g/mol. The Balaban J connectivity index is 1.69. The predicted molar refractivity (Wildman–Crippen MR) is 86.8 cm³/mol. The van der Waals surface area contributed by atoms with Crippen molar-refractivity contribution >= 4 is 17.2 Å². The number of nitrogens with one attached hydrogen (secondary N) is 1. The lowest BCUT2D eigenvalue weighted by Crippen LogP contribution is -2.19. The molecule has 12 heteroatoms. The standard InChI is InChI=1S/C15H11F2N5O4S/c16-9-3-7(15(23)19-24)4-10(17)8(9)5-22-14(18-20-21-22)13-12-11(6-27-13)25-1-2-26-12/h3-4,6,24H,1-2,5H2,(H,19,23). The maximum atomic E-state index is 14.3. The van der Waals surface area contributed by atoms with Crippen molar-refractivity contribution in [2.45, 2.75) is 6.54 Å². The number of rotatable bonds is 4. The molecule has 0 saturated carbocycles. The van der Waals surface area contributed by atoms with E-state index in [0.29, 0.717) is 29.6 Å². The third-order valence-electron chi connectivity index (χ3n) is 3.85. The number of halogens is 2. The normalized spacial score (nSPS) is 12.9. The van der Waals surface area contributed by atoms with Crippen molar-refractivity contribution < 1.29 is 28.3 Å². The SMILES string of the molecule is O=C(NO)c1cc(F)c(Cn2nnnc2-c2scc3c2OCCO3)c(F)c1. The van der Waals surface area contributed by atoms with Crippen LogP contribution in [-0.2, 0) is 6.54 Å². The van der Waals surface area contributed by atoms with E-state index >= 15 is 0 Å². The van der Waals surface area contributed by atoms with Gasteiger partial charge in [0, 0.05) is 16.5 Å². The number of hydroxylamine groups is 1. The van der Waals surface area contributed by atoms with E-state index in [4.69, 9.17) is 14.7 Å². The Morgan fingerprint density at radius 2 is 2.04 bits per heavy atom. The minimum Gasteiger partial charge on any atom is -0.485 e. The molecule has 3 heterocycles. The van der Waals surface area contributed by atoms with Crippen molar-refractivity contribution in [3.63, 3.8) is 0 Å². The first kappa shape index (κ1) is 17.3. The molecule has 0 fully saturated rings. The summed E-state index contributed by atoms with van der Waals surface area (Å²) in [5, 5.41) is 21.6. The maximum Gasteiger partial charge on any atom is 0.274 e. The molecule has 4 rings (SSSR count). The third-order valence-corrected chi connectivity index (χ3v) is 4.78. The van der Waals surface area contributed by atoms with E-state index in [1.807, 2.05) is 0 Å². The summed E-state index contributed by atoms with van der Waals surface area (Å²) in [5.41, 5.74) is 0.635. The van der Waals surface area contributed by atoms with Crippen LogP contribution in [0.3, 0.4) is 0 Å². The Labute approximate surface area is 154 Å². The number of thiophene rings is 1. The van der Waals surface area contributed by atoms with Gasteiger partial charge in [-0.15, -0.1) is 16.4 Å². The van der Waals surface area contributed by atoms with E-state index < -0.39 is 17.5 Å². The Hall–Kier alpha value is -3.12. The number of hydrogen-bond acceptors (Lipinski definition) is 8. The van der Waals surface area contributed by atoms with Gasteiger partial charge in [0.1, 0.15) is 29.7 Å². The van der Waals surface area contributed by atoms with Gasteiger partial charge < -0.3 is 9.47 Å². The molecular formula is C15H11F2N5O4S. The molecule has 1 aliphatic heterocycles. The average Bonchev–Trinajstić information content (AvgIpc) is 3.30. The van der Waals surface area contributed by atoms with Crippen LogP contribution in [0, 0.1) is 11.6 Å². The summed E-state index contributed by atoms with van der Waals surface area (Å²) < 4.78 is 40.9. The summed E-state index contributed by atoms with van der Waals surface area (Å²) >= 11 is 1.28. The zero-order valence-electron chi connectivity index (χ0n) is 13.5. The molecule has 0 bridgehead atoms. The summed E-state index contributed by atoms with van der Waals surface area (Å²) in [6.07, 6.45) is 0. The summed E-state index contributed by atoms with van der Waals surface area (Å²) in [5.74, 6) is -1.65. The van der Waals surface area contributed by atoms with Crippen molar-refractivity contribution in [1.29, 1.82) is 0 Å². The summed E-state index contributed by atoms with van der Waals surface area (Å²) in [6, 6.07) is 1.63. The van der Waals surface area contributed by atoms with Crippen LogP contribution < -0.4 is 15.0 Å². The largest absolute Gasteiger partial charge is 0.485 e. The van der Waals surface area contributed by atoms with Gasteiger partial charge in [-0.2, -0.15) is 0 Å². The molecule has 27 heavy (non-hydrogen) atoms. The van der Waals surface area contributed by atoms with E-state index in [2.05, 4.69) is 15.5 Å². The van der Waals surface area contributed by atoms with Gasteiger partial charge in [-0.3, -0.25) is 10.0 Å². The van der Waals surface area contributed by atoms with Crippen LogP contribution in [0.15, 0.2) is 17.5 Å². The minimum atomic E-state index is -1.02. The lowest BCUT2D eigenvalue weighted by atomic mass is 10.1. The van der Waals surface area contributed by atoms with E-state index in [-0.39, 0.29) is 23.5 Å². The lowest BCUT2D eigenvalue weighted by Gasteiger charge is -2.15. The molecule has 140 valence electrons. The molecule has 2 aromatic heterocycles. The number of carbonyl (C=O) groups is 1. The fourth-order valence-corrected chi connectivity index (χ4v) is 3.51. The van der Waals surface area contributed by atoms with Gasteiger partial charge in [0.05, 0.1) is 6.54 Å². The van der Waals surface area contributed by atoms with Crippen LogP contribution in [0.5, 0.6) is 11.5 Å². The van der Waals surface area contributed by atoms with Crippen LogP contribution in [-0.4, -0.2) is 44.5 Å². The Bertz CT molecular complexity index is 999. The number of hydrogen-bond donors (Lipinski definition) is 2. The molecule has 1 aliphatic rings. The number of carbonyl (C=O) groups excluding carboxylic acids is 1. The number of benzene rings is 1. The van der Waals surface area contributed by atoms with Crippen molar-refractivity contribution in [3.05, 3.63) is 40.3 Å². The highest BCUT2D eigenvalue weighted by atomic mass is 32.1. The molecule has 0 aliphatic carbocycles. The molecule has 9 nitrogen and oxygen atoms in total. The highest BCUT2D eigenvalue weighted by Crippen LogP contribution is 2.44. The van der Waals surface area contributed by atoms with E-state index in [0.717, 1.165) is 12.1 Å². The lowest BCUT2D eigenvalue weighted by molar-refractivity contribution is 0.0705. The van der Waals surface area contributed by atoms with Crippen molar-refractivity contribution in [2.24, 2.45) is 0 Å². The van der Waals surface area contributed by atoms with Gasteiger partial charge in [-0.25, -0.2) is 18.9 Å². The van der Waals surface area contributed by atoms with Crippen LogP contribution in [0.2, 0.25) is 0 Å². The third kappa shape index (κ3) is 3.08.